The number of fused-ring (bicyclic) bond motifs is 2. The number of sulfonamides is 1. The number of hydrogen-bond donors (Lipinski definition) is 1. The molecule has 2 aromatic rings. The smallest absolute Gasteiger partial charge is 0.408 e. The average Bonchev–Trinajstić information content (AvgIpc) is 3.10. The Kier molecular flexibility index (Phi) is 3.39. The second-order valence-electron chi connectivity index (χ2n) is 6.50. The molecule has 1 N–H and O–H groups in total. The minimum Gasteiger partial charge on any atom is -0.408 e. The number of hydrogen-bond acceptors (Lipinski definition) is 4. The number of nitrogens with zero attached hydrogens (tertiary/aromatic N) is 1. The van der Waals surface area contributed by atoms with Crippen molar-refractivity contribution in [2.75, 3.05) is 0 Å². The fourth-order valence-corrected chi connectivity index (χ4v) is 5.28. The van der Waals surface area contributed by atoms with Gasteiger partial charge in [0.05, 0.1) is 10.4 Å². The molecule has 6 nitrogen and oxygen atoms in total. The molecule has 4 rings (SSSR count). The van der Waals surface area contributed by atoms with Crippen molar-refractivity contribution in [3.8, 4) is 0 Å². The van der Waals surface area contributed by atoms with E-state index >= 15 is 0 Å². The van der Waals surface area contributed by atoms with Crippen LogP contribution >= 0.6 is 0 Å². The van der Waals surface area contributed by atoms with Gasteiger partial charge < -0.3 is 4.42 Å². The molecule has 2 saturated carbocycles. The number of oxazole rings is 1. The molecule has 1 aromatic heterocycles. The summed E-state index contributed by atoms with van der Waals surface area (Å²) in [4.78, 5) is 11.9. The van der Waals surface area contributed by atoms with Crippen molar-refractivity contribution in [2.24, 2.45) is 11.8 Å². The average molecular weight is 336 g/mol. The summed E-state index contributed by atoms with van der Waals surface area (Å²) in [5.41, 5.74) is 0.935. The first kappa shape index (κ1) is 15.0. The summed E-state index contributed by atoms with van der Waals surface area (Å²) < 4.78 is 34.7. The third-order valence-corrected chi connectivity index (χ3v) is 6.67. The number of benzene rings is 1. The summed E-state index contributed by atoms with van der Waals surface area (Å²) in [5.74, 6) is 0.543. The Morgan fingerprint density at radius 2 is 1.96 bits per heavy atom. The lowest BCUT2D eigenvalue weighted by Crippen LogP contribution is -2.27. The van der Waals surface area contributed by atoms with Gasteiger partial charge in [-0.1, -0.05) is 12.8 Å². The van der Waals surface area contributed by atoms with Crippen molar-refractivity contribution in [3.63, 3.8) is 0 Å². The van der Waals surface area contributed by atoms with Crippen molar-refractivity contribution in [1.29, 1.82) is 0 Å². The van der Waals surface area contributed by atoms with Crippen molar-refractivity contribution >= 4 is 21.1 Å². The molecular formula is C16H20N2O4S. The van der Waals surface area contributed by atoms with E-state index in [1.54, 1.807) is 6.07 Å². The zero-order chi connectivity index (χ0) is 16.2. The van der Waals surface area contributed by atoms with Gasteiger partial charge in [0.2, 0.25) is 10.0 Å². The predicted molar refractivity (Wildman–Crippen MR) is 85.7 cm³/mol. The van der Waals surface area contributed by atoms with E-state index < -0.39 is 15.8 Å². The first-order chi connectivity index (χ1) is 11.0. The maximum atomic E-state index is 12.6. The van der Waals surface area contributed by atoms with Gasteiger partial charge >= 0.3 is 5.76 Å². The number of rotatable bonds is 4. The summed E-state index contributed by atoms with van der Waals surface area (Å²) in [5, 5.41) is 0. The van der Waals surface area contributed by atoms with Gasteiger partial charge in [-0.2, -0.15) is 0 Å². The lowest BCUT2D eigenvalue weighted by Gasteiger charge is -2.06. The Balaban J connectivity index is 1.64. The zero-order valence-corrected chi connectivity index (χ0v) is 13.8. The van der Waals surface area contributed by atoms with Crippen LogP contribution in [0.15, 0.2) is 32.3 Å². The molecule has 0 aliphatic heterocycles. The van der Waals surface area contributed by atoms with E-state index in [-0.39, 0.29) is 10.9 Å². The maximum Gasteiger partial charge on any atom is 0.419 e. The van der Waals surface area contributed by atoms with Crippen molar-refractivity contribution in [1.82, 2.24) is 9.29 Å². The second-order valence-corrected chi connectivity index (χ2v) is 8.21. The van der Waals surface area contributed by atoms with Crippen LogP contribution in [0.2, 0.25) is 0 Å². The SMILES string of the molecule is CCn1c(=O)oc2cc(S(=O)(=O)NC3[C@@H]4CCCC[C@@H]34)ccc21. The Hall–Kier alpha value is -1.60. The molecule has 0 spiro atoms. The van der Waals surface area contributed by atoms with Gasteiger partial charge in [0, 0.05) is 18.7 Å². The third-order valence-electron chi connectivity index (χ3n) is 5.21. The molecule has 0 amide bonds. The molecule has 2 atom stereocenters. The predicted octanol–water partition coefficient (Wildman–Crippen LogP) is 2.08. The topological polar surface area (TPSA) is 81.3 Å². The van der Waals surface area contributed by atoms with E-state index in [1.165, 1.54) is 29.5 Å². The highest BCUT2D eigenvalue weighted by Crippen LogP contribution is 2.50. The molecular weight excluding hydrogens is 316 g/mol. The van der Waals surface area contributed by atoms with Crippen LogP contribution < -0.4 is 10.5 Å². The molecule has 1 aromatic carbocycles. The molecule has 124 valence electrons. The van der Waals surface area contributed by atoms with Gasteiger partial charge in [0.15, 0.2) is 5.58 Å². The monoisotopic (exact) mass is 336 g/mol. The normalized spacial score (nSPS) is 27.1. The number of aromatic nitrogens is 1. The second kappa shape index (κ2) is 5.21. The fraction of sp³-hybridized carbons (Fsp3) is 0.562. The van der Waals surface area contributed by atoms with Gasteiger partial charge in [0.25, 0.3) is 0 Å². The molecule has 0 saturated heterocycles. The molecule has 7 heteroatoms. The van der Waals surface area contributed by atoms with Gasteiger partial charge in [-0.05, 0) is 43.7 Å². The Morgan fingerprint density at radius 3 is 2.61 bits per heavy atom. The molecule has 23 heavy (non-hydrogen) atoms. The minimum atomic E-state index is -3.58. The van der Waals surface area contributed by atoms with E-state index in [2.05, 4.69) is 4.72 Å². The summed E-state index contributed by atoms with van der Waals surface area (Å²) in [6.07, 6.45) is 4.62. The molecule has 2 aliphatic rings. The standard InChI is InChI=1S/C16H20N2O4S/c1-2-18-13-8-7-10(9-14(13)22-16(18)19)23(20,21)17-15-11-5-3-4-6-12(11)15/h7-9,11-12,15,17H,2-6H2,1H3/t11-,12-/m1/s1. The number of nitrogens with one attached hydrogen (secondary N) is 1. The van der Waals surface area contributed by atoms with Crippen LogP contribution in [0.4, 0.5) is 0 Å². The molecule has 2 fully saturated rings. The van der Waals surface area contributed by atoms with Gasteiger partial charge in [0.1, 0.15) is 0 Å². The maximum absolute atomic E-state index is 12.6. The molecule has 0 bridgehead atoms. The van der Waals surface area contributed by atoms with Crippen LogP contribution in [0.5, 0.6) is 0 Å². The summed E-state index contributed by atoms with van der Waals surface area (Å²) in [6.45, 7) is 2.33. The van der Waals surface area contributed by atoms with E-state index in [0.717, 1.165) is 12.8 Å². The van der Waals surface area contributed by atoms with Crippen LogP contribution in [0, 0.1) is 11.8 Å². The summed E-state index contributed by atoms with van der Waals surface area (Å²) in [7, 11) is -3.58. The van der Waals surface area contributed by atoms with Crippen LogP contribution in [0.3, 0.4) is 0 Å². The molecule has 0 unspecified atom stereocenters. The van der Waals surface area contributed by atoms with Gasteiger partial charge in [-0.3, -0.25) is 4.57 Å². The molecule has 1 heterocycles. The first-order valence-electron chi connectivity index (χ1n) is 8.17. The van der Waals surface area contributed by atoms with E-state index in [9.17, 15) is 13.2 Å². The van der Waals surface area contributed by atoms with E-state index in [0.29, 0.717) is 29.5 Å². The van der Waals surface area contributed by atoms with Crippen LogP contribution in [0.25, 0.3) is 11.1 Å². The molecule has 2 aliphatic carbocycles. The highest BCUT2D eigenvalue weighted by molar-refractivity contribution is 7.89. The quantitative estimate of drug-likeness (QED) is 0.927. The van der Waals surface area contributed by atoms with Gasteiger partial charge in [-0.15, -0.1) is 0 Å². The van der Waals surface area contributed by atoms with Crippen LogP contribution in [-0.4, -0.2) is 19.0 Å². The van der Waals surface area contributed by atoms with Crippen LogP contribution in [-0.2, 0) is 16.6 Å². The first-order valence-corrected chi connectivity index (χ1v) is 9.65. The third kappa shape index (κ3) is 2.42. The van der Waals surface area contributed by atoms with E-state index in [4.69, 9.17) is 4.42 Å². The Labute approximate surface area is 134 Å². The van der Waals surface area contributed by atoms with Crippen molar-refractivity contribution in [3.05, 3.63) is 28.7 Å². The Bertz CT molecular complexity index is 900. The number of aryl methyl sites for hydroxylation is 1. The highest BCUT2D eigenvalue weighted by atomic mass is 32.2. The van der Waals surface area contributed by atoms with E-state index in [1.807, 2.05) is 6.92 Å². The minimum absolute atomic E-state index is 0.0745. The van der Waals surface area contributed by atoms with Crippen molar-refractivity contribution < 1.29 is 12.8 Å². The Morgan fingerprint density at radius 1 is 1.26 bits per heavy atom. The largest absolute Gasteiger partial charge is 0.419 e. The zero-order valence-electron chi connectivity index (χ0n) is 13.0. The van der Waals surface area contributed by atoms with Crippen molar-refractivity contribution in [2.45, 2.75) is 50.1 Å². The lowest BCUT2D eigenvalue weighted by molar-refractivity contribution is 0.480. The summed E-state index contributed by atoms with van der Waals surface area (Å²) >= 11 is 0. The molecule has 0 radical (unpaired) electrons. The highest BCUT2D eigenvalue weighted by Gasteiger charge is 2.52. The van der Waals surface area contributed by atoms with Crippen LogP contribution in [0.1, 0.15) is 32.6 Å². The lowest BCUT2D eigenvalue weighted by atomic mass is 10.0. The summed E-state index contributed by atoms with van der Waals surface area (Å²) in [6, 6.07) is 4.69. The van der Waals surface area contributed by atoms with Gasteiger partial charge in [-0.25, -0.2) is 17.9 Å². The fourth-order valence-electron chi connectivity index (χ4n) is 3.93.